The predicted octanol–water partition coefficient (Wildman–Crippen LogP) is 4.00. The summed E-state index contributed by atoms with van der Waals surface area (Å²) in [4.78, 5) is 17.5. The average molecular weight is 415 g/mol. The maximum Gasteiger partial charge on any atom is 0.272 e. The molecule has 31 heavy (non-hydrogen) atoms. The van der Waals surface area contributed by atoms with E-state index >= 15 is 0 Å². The Bertz CT molecular complexity index is 1300. The van der Waals surface area contributed by atoms with Crippen LogP contribution in [0, 0.1) is 0 Å². The molecule has 0 atom stereocenters. The monoisotopic (exact) mass is 415 g/mol. The minimum Gasteiger partial charge on any atom is -0.493 e. The van der Waals surface area contributed by atoms with E-state index in [1.54, 1.807) is 43.7 Å². The van der Waals surface area contributed by atoms with Gasteiger partial charge in [0.2, 0.25) is 12.5 Å². The zero-order valence-corrected chi connectivity index (χ0v) is 16.5. The molecule has 0 radical (unpaired) electrons. The first-order chi connectivity index (χ1) is 15.2. The molecule has 0 saturated heterocycles. The molecule has 2 aromatic heterocycles. The standard InChI is InChI=1S/C23H17N3O5/c1-28-20-9-14(10-21-22(20)31-13-30-21)12-24-26-23(27)16-11-18(19-7-4-8-29-19)25-17-6-3-2-5-15(16)17/h2-12H,13H2,1H3,(H,26,27)/b24-12-. The van der Waals surface area contributed by atoms with Crippen LogP contribution < -0.4 is 19.6 Å². The summed E-state index contributed by atoms with van der Waals surface area (Å²) in [5.41, 5.74) is 4.96. The first-order valence-corrected chi connectivity index (χ1v) is 9.47. The highest BCUT2D eigenvalue weighted by atomic mass is 16.7. The minimum atomic E-state index is -0.365. The smallest absolute Gasteiger partial charge is 0.272 e. The molecule has 8 heteroatoms. The number of pyridine rings is 1. The van der Waals surface area contributed by atoms with Crippen LogP contribution in [-0.4, -0.2) is 31.0 Å². The van der Waals surface area contributed by atoms with Crippen LogP contribution in [0.15, 0.2) is 70.4 Å². The van der Waals surface area contributed by atoms with Gasteiger partial charge >= 0.3 is 0 Å². The number of amides is 1. The highest BCUT2D eigenvalue weighted by Gasteiger charge is 2.20. The Kier molecular flexibility index (Phi) is 4.72. The maximum atomic E-state index is 12.9. The van der Waals surface area contributed by atoms with Gasteiger partial charge in [0.15, 0.2) is 17.3 Å². The molecule has 0 aliphatic carbocycles. The number of hydrogen-bond donors (Lipinski definition) is 1. The molecule has 4 aromatic rings. The molecule has 154 valence electrons. The van der Waals surface area contributed by atoms with Crippen molar-refractivity contribution in [2.75, 3.05) is 13.9 Å². The van der Waals surface area contributed by atoms with E-state index in [0.29, 0.717) is 45.3 Å². The summed E-state index contributed by atoms with van der Waals surface area (Å²) in [5.74, 6) is 1.87. The fourth-order valence-corrected chi connectivity index (χ4v) is 3.36. The molecule has 5 rings (SSSR count). The van der Waals surface area contributed by atoms with Crippen LogP contribution >= 0.6 is 0 Å². The Hall–Kier alpha value is -4.33. The van der Waals surface area contributed by atoms with Crippen molar-refractivity contribution in [2.24, 2.45) is 5.10 Å². The molecule has 0 fully saturated rings. The lowest BCUT2D eigenvalue weighted by Gasteiger charge is -2.08. The predicted molar refractivity (Wildman–Crippen MR) is 114 cm³/mol. The third-order valence-electron chi connectivity index (χ3n) is 4.79. The van der Waals surface area contributed by atoms with Crippen LogP contribution in [0.4, 0.5) is 0 Å². The molecule has 1 aliphatic rings. The first kappa shape index (κ1) is 18.7. The van der Waals surface area contributed by atoms with E-state index in [2.05, 4.69) is 15.5 Å². The normalized spacial score (nSPS) is 12.4. The third kappa shape index (κ3) is 3.55. The quantitative estimate of drug-likeness (QED) is 0.391. The van der Waals surface area contributed by atoms with Gasteiger partial charge in [0.05, 0.1) is 30.7 Å². The molecule has 1 amide bonds. The van der Waals surface area contributed by atoms with Gasteiger partial charge in [-0.1, -0.05) is 18.2 Å². The second-order valence-corrected chi connectivity index (χ2v) is 6.71. The molecule has 8 nitrogen and oxygen atoms in total. The summed E-state index contributed by atoms with van der Waals surface area (Å²) in [6.45, 7) is 0.135. The average Bonchev–Trinajstić information content (AvgIpc) is 3.50. The van der Waals surface area contributed by atoms with Crippen LogP contribution in [0.5, 0.6) is 17.2 Å². The number of ether oxygens (including phenoxy) is 3. The summed E-state index contributed by atoms with van der Waals surface area (Å²) in [6.07, 6.45) is 3.08. The van der Waals surface area contributed by atoms with Crippen molar-refractivity contribution in [3.8, 4) is 28.7 Å². The zero-order chi connectivity index (χ0) is 21.2. The van der Waals surface area contributed by atoms with Gasteiger partial charge in [-0.05, 0) is 36.4 Å². The molecule has 0 unspecified atom stereocenters. The lowest BCUT2D eigenvalue weighted by molar-refractivity contribution is 0.0956. The van der Waals surface area contributed by atoms with Crippen LogP contribution in [0.3, 0.4) is 0 Å². The summed E-state index contributed by atoms with van der Waals surface area (Å²) in [6, 6.07) is 16.2. The molecular formula is C23H17N3O5. The zero-order valence-electron chi connectivity index (χ0n) is 16.5. The SMILES string of the molecule is COc1cc(/C=N\NC(=O)c2cc(-c3ccco3)nc3ccccc23)cc2c1OCO2. The number of nitrogens with zero attached hydrogens (tertiary/aromatic N) is 2. The second-order valence-electron chi connectivity index (χ2n) is 6.71. The van der Waals surface area contributed by atoms with Gasteiger partial charge in [0.25, 0.3) is 5.91 Å². The van der Waals surface area contributed by atoms with Gasteiger partial charge in [-0.3, -0.25) is 4.79 Å². The van der Waals surface area contributed by atoms with Crippen LogP contribution in [0.1, 0.15) is 15.9 Å². The number of nitrogens with one attached hydrogen (secondary N) is 1. The van der Waals surface area contributed by atoms with Crippen molar-refractivity contribution in [3.05, 3.63) is 72.0 Å². The van der Waals surface area contributed by atoms with Crippen molar-refractivity contribution >= 4 is 23.0 Å². The number of carbonyl (C=O) groups is 1. The summed E-state index contributed by atoms with van der Waals surface area (Å²) >= 11 is 0. The van der Waals surface area contributed by atoms with Crippen LogP contribution in [0.25, 0.3) is 22.4 Å². The van der Waals surface area contributed by atoms with Gasteiger partial charge in [-0.15, -0.1) is 0 Å². The Morgan fingerprint density at radius 3 is 2.90 bits per heavy atom. The fourth-order valence-electron chi connectivity index (χ4n) is 3.36. The van der Waals surface area contributed by atoms with Crippen LogP contribution in [-0.2, 0) is 0 Å². The topological polar surface area (TPSA) is 95.2 Å². The second kappa shape index (κ2) is 7.83. The first-order valence-electron chi connectivity index (χ1n) is 9.47. The van der Waals surface area contributed by atoms with E-state index in [0.717, 1.165) is 5.39 Å². The van der Waals surface area contributed by atoms with E-state index in [4.69, 9.17) is 18.6 Å². The molecule has 2 aromatic carbocycles. The largest absolute Gasteiger partial charge is 0.493 e. The Balaban J connectivity index is 1.43. The number of furan rings is 1. The van der Waals surface area contributed by atoms with Crippen molar-refractivity contribution in [2.45, 2.75) is 0 Å². The molecule has 0 saturated carbocycles. The molecule has 0 spiro atoms. The fraction of sp³-hybridized carbons (Fsp3) is 0.0870. The van der Waals surface area contributed by atoms with Gasteiger partial charge in [-0.2, -0.15) is 5.10 Å². The number of para-hydroxylation sites is 1. The van der Waals surface area contributed by atoms with E-state index in [1.165, 1.54) is 6.21 Å². The number of aromatic nitrogens is 1. The van der Waals surface area contributed by atoms with Crippen molar-refractivity contribution < 1.29 is 23.4 Å². The number of carbonyl (C=O) groups excluding carboxylic acids is 1. The van der Waals surface area contributed by atoms with Crippen molar-refractivity contribution in [1.29, 1.82) is 0 Å². The van der Waals surface area contributed by atoms with Crippen molar-refractivity contribution in [3.63, 3.8) is 0 Å². The summed E-state index contributed by atoms with van der Waals surface area (Å²) in [5, 5.41) is 4.82. The van der Waals surface area contributed by atoms with Crippen LogP contribution in [0.2, 0.25) is 0 Å². The van der Waals surface area contributed by atoms with E-state index < -0.39 is 0 Å². The lowest BCUT2D eigenvalue weighted by atomic mass is 10.1. The third-order valence-corrected chi connectivity index (χ3v) is 4.79. The number of hydrogen-bond acceptors (Lipinski definition) is 7. The minimum absolute atomic E-state index is 0.135. The molecule has 0 bridgehead atoms. The summed E-state index contributed by atoms with van der Waals surface area (Å²) < 4.78 is 21.6. The Labute approximate surface area is 177 Å². The van der Waals surface area contributed by atoms with Gasteiger partial charge < -0.3 is 18.6 Å². The Morgan fingerprint density at radius 1 is 1.16 bits per heavy atom. The lowest BCUT2D eigenvalue weighted by Crippen LogP contribution is -2.18. The molecule has 3 heterocycles. The molecular weight excluding hydrogens is 398 g/mol. The number of rotatable bonds is 5. The number of benzene rings is 2. The van der Waals surface area contributed by atoms with E-state index in [9.17, 15) is 4.79 Å². The summed E-state index contributed by atoms with van der Waals surface area (Å²) in [7, 11) is 1.55. The van der Waals surface area contributed by atoms with E-state index in [1.807, 2.05) is 24.3 Å². The molecule has 1 N–H and O–H groups in total. The van der Waals surface area contributed by atoms with Crippen molar-refractivity contribution in [1.82, 2.24) is 10.4 Å². The number of fused-ring (bicyclic) bond motifs is 2. The number of hydrazone groups is 1. The molecule has 1 aliphatic heterocycles. The van der Waals surface area contributed by atoms with Gasteiger partial charge in [0, 0.05) is 10.9 Å². The van der Waals surface area contributed by atoms with Gasteiger partial charge in [-0.25, -0.2) is 10.4 Å². The maximum absolute atomic E-state index is 12.9. The van der Waals surface area contributed by atoms with Gasteiger partial charge in [0.1, 0.15) is 5.69 Å². The highest BCUT2D eigenvalue weighted by Crippen LogP contribution is 2.41. The van der Waals surface area contributed by atoms with E-state index in [-0.39, 0.29) is 12.7 Å². The number of methoxy groups -OCH3 is 1. The Morgan fingerprint density at radius 2 is 2.06 bits per heavy atom. The highest BCUT2D eigenvalue weighted by molar-refractivity contribution is 6.07.